The second-order valence-electron chi connectivity index (χ2n) is 5.86. The summed E-state index contributed by atoms with van der Waals surface area (Å²) in [7, 11) is 0. The first kappa shape index (κ1) is 20.3. The van der Waals surface area contributed by atoms with Crippen molar-refractivity contribution in [2.45, 2.75) is 62.4 Å². The summed E-state index contributed by atoms with van der Waals surface area (Å²) in [6.45, 7) is 5.47. The maximum Gasteiger partial charge on any atom is 0.303 e. The van der Waals surface area contributed by atoms with E-state index in [1.807, 2.05) is 30.3 Å². The van der Waals surface area contributed by atoms with E-state index in [4.69, 9.17) is 18.9 Å². The van der Waals surface area contributed by atoms with Gasteiger partial charge in [0.05, 0.1) is 6.10 Å². The number of esters is 3. The fourth-order valence-corrected chi connectivity index (χ4v) is 3.86. The first-order valence-corrected chi connectivity index (χ1v) is 9.04. The van der Waals surface area contributed by atoms with Crippen molar-refractivity contribution in [2.24, 2.45) is 0 Å². The van der Waals surface area contributed by atoms with E-state index in [1.165, 1.54) is 32.5 Å². The lowest BCUT2D eigenvalue weighted by Crippen LogP contribution is -2.59. The molecule has 0 aliphatic carbocycles. The Labute approximate surface area is 156 Å². The number of carbonyl (C=O) groups is 3. The van der Waals surface area contributed by atoms with Gasteiger partial charge in [-0.05, 0) is 19.1 Å². The Kier molecular flexibility index (Phi) is 7.05. The van der Waals surface area contributed by atoms with Gasteiger partial charge in [-0.1, -0.05) is 30.0 Å². The summed E-state index contributed by atoms with van der Waals surface area (Å²) >= 11 is 1.34. The van der Waals surface area contributed by atoms with Gasteiger partial charge in [-0.25, -0.2) is 0 Å². The Hall–Kier alpha value is -2.06. The number of rotatable bonds is 5. The molecule has 1 aliphatic heterocycles. The second-order valence-corrected chi connectivity index (χ2v) is 7.03. The molecular weight excluding hydrogens is 360 g/mol. The summed E-state index contributed by atoms with van der Waals surface area (Å²) in [5.74, 6) is -1.66. The quantitative estimate of drug-likeness (QED) is 0.566. The summed E-state index contributed by atoms with van der Waals surface area (Å²) in [6, 6.07) is 9.42. The topological polar surface area (TPSA) is 88.1 Å². The molecule has 0 spiro atoms. The van der Waals surface area contributed by atoms with Crippen LogP contribution < -0.4 is 0 Å². The van der Waals surface area contributed by atoms with E-state index in [-0.39, 0.29) is 0 Å². The third-order valence-electron chi connectivity index (χ3n) is 3.63. The SMILES string of the molecule is CC(=O)O[C@@H]1[C@H](OC(C)=O)[C@H](C)OC(Sc2ccccc2)[C@H]1OC(C)=O. The van der Waals surface area contributed by atoms with Crippen molar-refractivity contribution >= 4 is 29.7 Å². The summed E-state index contributed by atoms with van der Waals surface area (Å²) < 4.78 is 22.0. The standard InChI is InChI=1S/C18H22O7S/c1-10-15(23-11(2)19)16(24-12(3)20)17(25-13(4)21)18(22-10)26-14-8-6-5-7-9-14/h5-10,15-18H,1-4H3/t10-,15+,16+,17-,18?/m0/s1. The van der Waals surface area contributed by atoms with Gasteiger partial charge in [0.25, 0.3) is 0 Å². The normalized spacial score (nSPS) is 28.1. The van der Waals surface area contributed by atoms with Gasteiger partial charge in [0.2, 0.25) is 0 Å². The zero-order valence-electron chi connectivity index (χ0n) is 15.0. The predicted molar refractivity (Wildman–Crippen MR) is 93.3 cm³/mol. The monoisotopic (exact) mass is 382 g/mol. The van der Waals surface area contributed by atoms with Crippen LogP contribution >= 0.6 is 11.8 Å². The number of carbonyl (C=O) groups excluding carboxylic acids is 3. The zero-order chi connectivity index (χ0) is 19.3. The molecule has 0 bridgehead atoms. The summed E-state index contributed by atoms with van der Waals surface area (Å²) in [6.07, 6.45) is -3.34. The van der Waals surface area contributed by atoms with Crippen LogP contribution in [0.25, 0.3) is 0 Å². The van der Waals surface area contributed by atoms with Gasteiger partial charge in [-0.3, -0.25) is 14.4 Å². The number of hydrogen-bond acceptors (Lipinski definition) is 8. The van der Waals surface area contributed by atoms with Crippen LogP contribution in [0, 0.1) is 0 Å². The molecule has 0 N–H and O–H groups in total. The van der Waals surface area contributed by atoms with Crippen molar-refractivity contribution in [1.29, 1.82) is 0 Å². The van der Waals surface area contributed by atoms with Crippen LogP contribution in [0.4, 0.5) is 0 Å². The van der Waals surface area contributed by atoms with Crippen LogP contribution in [-0.4, -0.2) is 47.8 Å². The zero-order valence-corrected chi connectivity index (χ0v) is 15.9. The molecule has 5 atom stereocenters. The highest BCUT2D eigenvalue weighted by Crippen LogP contribution is 2.37. The highest BCUT2D eigenvalue weighted by atomic mass is 32.2. The van der Waals surface area contributed by atoms with Crippen LogP contribution in [0.1, 0.15) is 27.7 Å². The lowest BCUT2D eigenvalue weighted by atomic mass is 10.00. The van der Waals surface area contributed by atoms with Crippen molar-refractivity contribution in [3.63, 3.8) is 0 Å². The van der Waals surface area contributed by atoms with Crippen LogP contribution in [0.5, 0.6) is 0 Å². The number of benzene rings is 1. The highest BCUT2D eigenvalue weighted by molar-refractivity contribution is 7.99. The van der Waals surface area contributed by atoms with E-state index in [1.54, 1.807) is 6.92 Å². The minimum atomic E-state index is -0.967. The van der Waals surface area contributed by atoms with Gasteiger partial charge in [-0.2, -0.15) is 0 Å². The van der Waals surface area contributed by atoms with E-state index in [9.17, 15) is 14.4 Å². The lowest BCUT2D eigenvalue weighted by Gasteiger charge is -2.43. The highest BCUT2D eigenvalue weighted by Gasteiger charge is 2.50. The second kappa shape index (κ2) is 9.05. The average molecular weight is 382 g/mol. The minimum absolute atomic E-state index is 0.543. The van der Waals surface area contributed by atoms with E-state index in [0.29, 0.717) is 0 Å². The van der Waals surface area contributed by atoms with E-state index in [2.05, 4.69) is 0 Å². The third-order valence-corrected chi connectivity index (χ3v) is 4.78. The Bertz CT molecular complexity index is 648. The van der Waals surface area contributed by atoms with Crippen molar-refractivity contribution in [2.75, 3.05) is 0 Å². The van der Waals surface area contributed by atoms with Crippen LogP contribution in [0.15, 0.2) is 35.2 Å². The molecule has 1 unspecified atom stereocenters. The summed E-state index contributed by atoms with van der Waals surface area (Å²) in [4.78, 5) is 35.6. The van der Waals surface area contributed by atoms with E-state index < -0.39 is 47.8 Å². The Morgan fingerprint density at radius 3 is 1.88 bits per heavy atom. The molecule has 1 heterocycles. The molecular formula is C18H22O7S. The Morgan fingerprint density at radius 1 is 0.846 bits per heavy atom. The van der Waals surface area contributed by atoms with Crippen LogP contribution in [0.3, 0.4) is 0 Å². The summed E-state index contributed by atoms with van der Waals surface area (Å²) in [5, 5.41) is 0. The van der Waals surface area contributed by atoms with Gasteiger partial charge in [0, 0.05) is 25.7 Å². The molecule has 1 aromatic rings. The first-order chi connectivity index (χ1) is 12.3. The molecule has 1 saturated heterocycles. The molecule has 142 valence electrons. The first-order valence-electron chi connectivity index (χ1n) is 8.16. The van der Waals surface area contributed by atoms with Gasteiger partial charge >= 0.3 is 17.9 Å². The van der Waals surface area contributed by atoms with Crippen molar-refractivity contribution in [3.8, 4) is 0 Å². The maximum atomic E-state index is 11.6. The molecule has 0 saturated carbocycles. The maximum absolute atomic E-state index is 11.6. The minimum Gasteiger partial charge on any atom is -0.456 e. The van der Waals surface area contributed by atoms with Crippen molar-refractivity contribution in [1.82, 2.24) is 0 Å². The molecule has 8 heteroatoms. The molecule has 1 fully saturated rings. The van der Waals surface area contributed by atoms with Crippen molar-refractivity contribution < 1.29 is 33.3 Å². The Morgan fingerprint density at radius 2 is 1.35 bits per heavy atom. The average Bonchev–Trinajstić information content (AvgIpc) is 2.54. The molecule has 7 nitrogen and oxygen atoms in total. The van der Waals surface area contributed by atoms with Gasteiger partial charge in [0.15, 0.2) is 18.3 Å². The van der Waals surface area contributed by atoms with Crippen LogP contribution in [0.2, 0.25) is 0 Å². The fraction of sp³-hybridized carbons (Fsp3) is 0.500. The number of thioether (sulfide) groups is 1. The Balaban J connectivity index is 2.33. The summed E-state index contributed by atoms with van der Waals surface area (Å²) in [5.41, 5.74) is -0.632. The molecule has 1 aliphatic rings. The third kappa shape index (κ3) is 5.47. The predicted octanol–water partition coefficient (Wildman–Crippen LogP) is 2.32. The van der Waals surface area contributed by atoms with E-state index in [0.717, 1.165) is 4.90 Å². The van der Waals surface area contributed by atoms with Gasteiger partial charge in [0.1, 0.15) is 5.44 Å². The molecule has 26 heavy (non-hydrogen) atoms. The fourth-order valence-electron chi connectivity index (χ4n) is 2.70. The lowest BCUT2D eigenvalue weighted by molar-refractivity contribution is -0.229. The molecule has 0 radical (unpaired) electrons. The molecule has 0 amide bonds. The van der Waals surface area contributed by atoms with Crippen molar-refractivity contribution in [3.05, 3.63) is 30.3 Å². The number of ether oxygens (including phenoxy) is 4. The van der Waals surface area contributed by atoms with E-state index >= 15 is 0 Å². The smallest absolute Gasteiger partial charge is 0.303 e. The molecule has 2 rings (SSSR count). The largest absolute Gasteiger partial charge is 0.456 e. The number of hydrogen-bond donors (Lipinski definition) is 0. The van der Waals surface area contributed by atoms with Gasteiger partial charge in [-0.15, -0.1) is 0 Å². The van der Waals surface area contributed by atoms with Gasteiger partial charge < -0.3 is 18.9 Å². The van der Waals surface area contributed by atoms with Crippen LogP contribution in [-0.2, 0) is 33.3 Å². The molecule has 0 aromatic heterocycles. The molecule has 1 aromatic carbocycles.